The molecule has 1 atom stereocenters. The van der Waals surface area contributed by atoms with Gasteiger partial charge in [0, 0.05) is 28.8 Å². The van der Waals surface area contributed by atoms with Crippen molar-refractivity contribution >= 4 is 27.5 Å². The fraction of sp³-hybridized carbons (Fsp3) is 0.500. The van der Waals surface area contributed by atoms with Gasteiger partial charge in [-0.25, -0.2) is 0 Å². The highest BCUT2D eigenvalue weighted by molar-refractivity contribution is 9.10. The minimum absolute atomic E-state index is 0.114. The summed E-state index contributed by atoms with van der Waals surface area (Å²) in [6, 6.07) is 5.89. The first-order chi connectivity index (χ1) is 9.03. The topological polar surface area (TPSA) is 61.8 Å². The van der Waals surface area contributed by atoms with Crippen molar-refractivity contribution in [3.63, 3.8) is 0 Å². The fourth-order valence-electron chi connectivity index (χ4n) is 1.88. The quantitative estimate of drug-likeness (QED) is 0.364. The van der Waals surface area contributed by atoms with E-state index in [1.54, 1.807) is 0 Å². The van der Waals surface area contributed by atoms with Crippen molar-refractivity contribution < 1.29 is 5.21 Å². The van der Waals surface area contributed by atoms with Gasteiger partial charge in [0.1, 0.15) is 0 Å². The molecule has 5 heteroatoms. The molecule has 3 N–H and O–H groups in total. The zero-order valence-corrected chi connectivity index (χ0v) is 13.3. The second-order valence-electron chi connectivity index (χ2n) is 4.70. The van der Waals surface area contributed by atoms with Gasteiger partial charge in [0.15, 0.2) is 5.84 Å². The standard InChI is InChI=1S/C14H22BrN3O/c1-4-10(3)9-18(5-2)11-6-7-12(13(15)8-11)14(16)17-19/h6-8,10,19H,4-5,9H2,1-3H3,(H2,16,17). The van der Waals surface area contributed by atoms with Crippen molar-refractivity contribution in [3.05, 3.63) is 28.2 Å². The van der Waals surface area contributed by atoms with Crippen LogP contribution < -0.4 is 10.6 Å². The summed E-state index contributed by atoms with van der Waals surface area (Å²) >= 11 is 3.47. The lowest BCUT2D eigenvalue weighted by molar-refractivity contribution is 0.318. The molecule has 0 saturated heterocycles. The van der Waals surface area contributed by atoms with Crippen molar-refractivity contribution in [1.29, 1.82) is 0 Å². The monoisotopic (exact) mass is 327 g/mol. The highest BCUT2D eigenvalue weighted by Crippen LogP contribution is 2.25. The third kappa shape index (κ3) is 4.13. The number of anilines is 1. The highest BCUT2D eigenvalue weighted by Gasteiger charge is 2.11. The Labute approximate surface area is 123 Å². The van der Waals surface area contributed by atoms with Crippen LogP contribution in [0.25, 0.3) is 0 Å². The third-order valence-corrected chi connectivity index (χ3v) is 3.97. The van der Waals surface area contributed by atoms with Crippen molar-refractivity contribution in [3.8, 4) is 0 Å². The minimum atomic E-state index is 0.114. The van der Waals surface area contributed by atoms with Gasteiger partial charge in [-0.2, -0.15) is 0 Å². The highest BCUT2D eigenvalue weighted by atomic mass is 79.9. The molecule has 1 rings (SSSR count). The number of hydrogen-bond acceptors (Lipinski definition) is 3. The van der Waals surface area contributed by atoms with Crippen LogP contribution in [0.5, 0.6) is 0 Å². The normalized spacial score (nSPS) is 13.4. The van der Waals surface area contributed by atoms with E-state index in [1.165, 1.54) is 6.42 Å². The molecule has 4 nitrogen and oxygen atoms in total. The van der Waals surface area contributed by atoms with Gasteiger partial charge in [-0.05, 0) is 47.0 Å². The predicted molar refractivity (Wildman–Crippen MR) is 84.0 cm³/mol. The molecule has 0 saturated carbocycles. The third-order valence-electron chi connectivity index (χ3n) is 3.31. The second-order valence-corrected chi connectivity index (χ2v) is 5.56. The molecule has 0 heterocycles. The van der Waals surface area contributed by atoms with Crippen LogP contribution in [-0.2, 0) is 0 Å². The largest absolute Gasteiger partial charge is 0.409 e. The van der Waals surface area contributed by atoms with E-state index in [1.807, 2.05) is 18.2 Å². The van der Waals surface area contributed by atoms with Crippen LogP contribution in [-0.4, -0.2) is 24.1 Å². The zero-order valence-electron chi connectivity index (χ0n) is 11.7. The van der Waals surface area contributed by atoms with Crippen LogP contribution in [0.1, 0.15) is 32.8 Å². The second kappa shape index (κ2) is 7.38. The molecule has 0 aliphatic rings. The molecule has 0 radical (unpaired) electrons. The maximum atomic E-state index is 8.72. The van der Waals surface area contributed by atoms with E-state index in [2.05, 4.69) is 46.8 Å². The van der Waals surface area contributed by atoms with Crippen LogP contribution in [0.3, 0.4) is 0 Å². The predicted octanol–water partition coefficient (Wildman–Crippen LogP) is 3.42. The molecule has 0 bridgehead atoms. The lowest BCUT2D eigenvalue weighted by atomic mass is 10.1. The Balaban J connectivity index is 2.98. The van der Waals surface area contributed by atoms with Gasteiger partial charge >= 0.3 is 0 Å². The molecule has 1 unspecified atom stereocenters. The molecule has 0 spiro atoms. The van der Waals surface area contributed by atoms with E-state index < -0.39 is 0 Å². The molecular formula is C14H22BrN3O. The van der Waals surface area contributed by atoms with Gasteiger partial charge in [-0.3, -0.25) is 0 Å². The number of nitrogens with zero attached hydrogens (tertiary/aromatic N) is 2. The van der Waals surface area contributed by atoms with Crippen LogP contribution in [0, 0.1) is 5.92 Å². The smallest absolute Gasteiger partial charge is 0.171 e. The average molecular weight is 328 g/mol. The Morgan fingerprint density at radius 1 is 1.47 bits per heavy atom. The van der Waals surface area contributed by atoms with Gasteiger partial charge in [0.25, 0.3) is 0 Å². The summed E-state index contributed by atoms with van der Waals surface area (Å²) in [6.07, 6.45) is 1.17. The van der Waals surface area contributed by atoms with Crippen molar-refractivity contribution in [2.75, 3.05) is 18.0 Å². The van der Waals surface area contributed by atoms with Gasteiger partial charge < -0.3 is 15.8 Å². The Morgan fingerprint density at radius 2 is 2.16 bits per heavy atom. The molecule has 0 aromatic heterocycles. The first-order valence-electron chi connectivity index (χ1n) is 6.55. The van der Waals surface area contributed by atoms with Gasteiger partial charge in [0.2, 0.25) is 0 Å². The lowest BCUT2D eigenvalue weighted by Gasteiger charge is -2.26. The molecule has 106 valence electrons. The van der Waals surface area contributed by atoms with Gasteiger partial charge in [-0.15, -0.1) is 0 Å². The van der Waals surface area contributed by atoms with Crippen LogP contribution in [0.4, 0.5) is 5.69 Å². The lowest BCUT2D eigenvalue weighted by Crippen LogP contribution is -2.28. The Morgan fingerprint density at radius 3 is 2.63 bits per heavy atom. The van der Waals surface area contributed by atoms with E-state index in [-0.39, 0.29) is 5.84 Å². The molecule has 0 fully saturated rings. The molecule has 0 aliphatic carbocycles. The maximum Gasteiger partial charge on any atom is 0.171 e. The van der Waals surface area contributed by atoms with Crippen molar-refractivity contribution in [2.45, 2.75) is 27.2 Å². The van der Waals surface area contributed by atoms with E-state index in [9.17, 15) is 0 Å². The fourth-order valence-corrected chi connectivity index (χ4v) is 2.45. The number of rotatable bonds is 6. The zero-order chi connectivity index (χ0) is 14.4. The number of halogens is 1. The molecule has 1 aromatic rings. The van der Waals surface area contributed by atoms with E-state index in [0.29, 0.717) is 11.5 Å². The van der Waals surface area contributed by atoms with Crippen LogP contribution in [0.15, 0.2) is 27.8 Å². The summed E-state index contributed by atoms with van der Waals surface area (Å²) in [4.78, 5) is 2.33. The summed E-state index contributed by atoms with van der Waals surface area (Å²) in [5, 5.41) is 11.7. The molecule has 0 amide bonds. The van der Waals surface area contributed by atoms with Gasteiger partial charge in [-0.1, -0.05) is 25.4 Å². The summed E-state index contributed by atoms with van der Waals surface area (Å²) < 4.78 is 0.836. The number of hydrogen-bond donors (Lipinski definition) is 2. The summed E-state index contributed by atoms with van der Waals surface area (Å²) in [7, 11) is 0. The number of oxime groups is 1. The Hall–Kier alpha value is -1.23. The SMILES string of the molecule is CCC(C)CN(CC)c1ccc(/C(N)=N/O)c(Br)c1. The summed E-state index contributed by atoms with van der Waals surface area (Å²) in [6.45, 7) is 8.59. The maximum absolute atomic E-state index is 8.72. The molecule has 0 aliphatic heterocycles. The summed E-state index contributed by atoms with van der Waals surface area (Å²) in [5.74, 6) is 0.769. The molecule has 19 heavy (non-hydrogen) atoms. The number of benzene rings is 1. The van der Waals surface area contributed by atoms with E-state index >= 15 is 0 Å². The van der Waals surface area contributed by atoms with Gasteiger partial charge in [0.05, 0.1) is 0 Å². The Bertz CT molecular complexity index is 448. The number of nitrogens with two attached hydrogens (primary N) is 1. The Kier molecular flexibility index (Phi) is 6.15. The van der Waals surface area contributed by atoms with Crippen LogP contribution >= 0.6 is 15.9 Å². The van der Waals surface area contributed by atoms with Crippen LogP contribution in [0.2, 0.25) is 0 Å². The van der Waals surface area contributed by atoms with Crippen molar-refractivity contribution in [2.24, 2.45) is 16.8 Å². The van der Waals surface area contributed by atoms with E-state index in [0.717, 1.165) is 23.2 Å². The molecular weight excluding hydrogens is 306 g/mol. The van der Waals surface area contributed by atoms with Crippen molar-refractivity contribution in [1.82, 2.24) is 0 Å². The summed E-state index contributed by atoms with van der Waals surface area (Å²) in [5.41, 5.74) is 7.46. The minimum Gasteiger partial charge on any atom is -0.409 e. The number of amidine groups is 1. The van der Waals surface area contributed by atoms with E-state index in [4.69, 9.17) is 10.9 Å². The first kappa shape index (κ1) is 15.8. The average Bonchev–Trinajstić information content (AvgIpc) is 2.43. The molecule has 1 aromatic carbocycles. The first-order valence-corrected chi connectivity index (χ1v) is 7.35.